The zero-order valence-electron chi connectivity index (χ0n) is 11.3. The Morgan fingerprint density at radius 1 is 1.18 bits per heavy atom. The van der Waals surface area contributed by atoms with Crippen LogP contribution in [0.1, 0.15) is 10.4 Å². The molecule has 22 heavy (non-hydrogen) atoms. The molecule has 5 nitrogen and oxygen atoms in total. The van der Waals surface area contributed by atoms with Crippen molar-refractivity contribution in [1.29, 1.82) is 0 Å². The summed E-state index contributed by atoms with van der Waals surface area (Å²) in [7, 11) is 0. The molecule has 2 rings (SSSR count). The van der Waals surface area contributed by atoms with Crippen LogP contribution in [-0.2, 0) is 4.79 Å². The summed E-state index contributed by atoms with van der Waals surface area (Å²) in [5.41, 5.74) is 5.95. The van der Waals surface area contributed by atoms with E-state index in [1.165, 1.54) is 24.3 Å². The van der Waals surface area contributed by atoms with E-state index in [1.54, 1.807) is 12.1 Å². The minimum atomic E-state index is -0.549. The van der Waals surface area contributed by atoms with E-state index >= 15 is 0 Å². The topological polar surface area (TPSA) is 81.4 Å². The molecule has 0 heterocycles. The van der Waals surface area contributed by atoms with Crippen LogP contribution in [0, 0.1) is 5.82 Å². The fourth-order valence-corrected chi connectivity index (χ4v) is 1.87. The lowest BCUT2D eigenvalue weighted by molar-refractivity contribution is -0.118. The van der Waals surface area contributed by atoms with Crippen LogP contribution < -0.4 is 15.8 Å². The van der Waals surface area contributed by atoms with Crippen LogP contribution in [0.5, 0.6) is 5.75 Å². The highest BCUT2D eigenvalue weighted by atomic mass is 35.5. The lowest BCUT2D eigenvalue weighted by Crippen LogP contribution is -2.20. The first-order chi connectivity index (χ1) is 10.5. The van der Waals surface area contributed by atoms with Gasteiger partial charge < -0.3 is 15.8 Å². The normalized spacial score (nSPS) is 10.1. The third-order valence-corrected chi connectivity index (χ3v) is 3.00. The molecule has 114 valence electrons. The maximum Gasteiger partial charge on any atom is 0.262 e. The Labute approximate surface area is 130 Å². The van der Waals surface area contributed by atoms with Gasteiger partial charge in [-0.25, -0.2) is 4.39 Å². The Bertz CT molecular complexity index is 704. The van der Waals surface area contributed by atoms with E-state index < -0.39 is 17.6 Å². The summed E-state index contributed by atoms with van der Waals surface area (Å²) in [6, 6.07) is 9.70. The predicted octanol–water partition coefficient (Wildman–Crippen LogP) is 2.60. The number of rotatable bonds is 5. The third kappa shape index (κ3) is 4.20. The van der Waals surface area contributed by atoms with Gasteiger partial charge in [0.15, 0.2) is 6.61 Å². The first-order valence-electron chi connectivity index (χ1n) is 6.23. The van der Waals surface area contributed by atoms with Crippen molar-refractivity contribution in [3.05, 3.63) is 58.9 Å². The highest BCUT2D eigenvalue weighted by Gasteiger charge is 2.08. The molecule has 0 saturated heterocycles. The highest BCUT2D eigenvalue weighted by molar-refractivity contribution is 6.32. The molecular weight excluding hydrogens is 311 g/mol. The molecule has 0 aliphatic rings. The molecular formula is C15H12ClFN2O3. The fraction of sp³-hybridized carbons (Fsp3) is 0.0667. The summed E-state index contributed by atoms with van der Waals surface area (Å²) >= 11 is 5.78. The number of amides is 2. The number of carbonyl (C=O) groups excluding carboxylic acids is 2. The highest BCUT2D eigenvalue weighted by Crippen LogP contribution is 2.24. The SMILES string of the molecule is NC(=O)c1ccc(NC(=O)COc2ccc(F)cc2Cl)cc1. The molecule has 0 bridgehead atoms. The first-order valence-corrected chi connectivity index (χ1v) is 6.61. The van der Waals surface area contributed by atoms with Gasteiger partial charge in [0.1, 0.15) is 11.6 Å². The van der Waals surface area contributed by atoms with Crippen LogP contribution in [0.15, 0.2) is 42.5 Å². The molecule has 2 aromatic rings. The van der Waals surface area contributed by atoms with Gasteiger partial charge in [0.2, 0.25) is 5.91 Å². The molecule has 0 atom stereocenters. The molecule has 0 aromatic heterocycles. The molecule has 2 amide bonds. The van der Waals surface area contributed by atoms with Crippen molar-refractivity contribution in [2.24, 2.45) is 5.73 Å². The molecule has 0 radical (unpaired) electrons. The van der Waals surface area contributed by atoms with E-state index in [-0.39, 0.29) is 17.4 Å². The van der Waals surface area contributed by atoms with E-state index in [2.05, 4.69) is 5.32 Å². The Morgan fingerprint density at radius 3 is 2.45 bits per heavy atom. The summed E-state index contributed by atoms with van der Waals surface area (Å²) in [6.45, 7) is -0.289. The van der Waals surface area contributed by atoms with Crippen LogP contribution in [0.2, 0.25) is 5.02 Å². The largest absolute Gasteiger partial charge is 0.482 e. The van der Waals surface area contributed by atoms with E-state index in [4.69, 9.17) is 22.1 Å². The van der Waals surface area contributed by atoms with Crippen molar-refractivity contribution in [1.82, 2.24) is 0 Å². The van der Waals surface area contributed by atoms with Crippen molar-refractivity contribution in [3.63, 3.8) is 0 Å². The number of halogens is 2. The Morgan fingerprint density at radius 2 is 1.86 bits per heavy atom. The summed E-state index contributed by atoms with van der Waals surface area (Å²) in [6.07, 6.45) is 0. The number of carbonyl (C=O) groups is 2. The number of hydrogen-bond donors (Lipinski definition) is 2. The summed E-state index contributed by atoms with van der Waals surface area (Å²) in [4.78, 5) is 22.7. The maximum absolute atomic E-state index is 12.9. The van der Waals surface area contributed by atoms with Gasteiger partial charge in [0, 0.05) is 11.3 Å². The van der Waals surface area contributed by atoms with E-state index in [0.29, 0.717) is 11.3 Å². The number of ether oxygens (including phenoxy) is 1. The van der Waals surface area contributed by atoms with Crippen LogP contribution in [0.4, 0.5) is 10.1 Å². The lowest BCUT2D eigenvalue weighted by atomic mass is 10.2. The second-order valence-electron chi connectivity index (χ2n) is 4.35. The smallest absolute Gasteiger partial charge is 0.262 e. The van der Waals surface area contributed by atoms with Crippen LogP contribution in [0.25, 0.3) is 0 Å². The van der Waals surface area contributed by atoms with Crippen molar-refractivity contribution >= 4 is 29.1 Å². The third-order valence-electron chi connectivity index (χ3n) is 2.71. The van der Waals surface area contributed by atoms with E-state index in [0.717, 1.165) is 6.07 Å². The number of nitrogens with one attached hydrogen (secondary N) is 1. The van der Waals surface area contributed by atoms with Gasteiger partial charge in [0.25, 0.3) is 5.91 Å². The van der Waals surface area contributed by atoms with Gasteiger partial charge >= 0.3 is 0 Å². The second kappa shape index (κ2) is 6.91. The lowest BCUT2D eigenvalue weighted by Gasteiger charge is -2.09. The van der Waals surface area contributed by atoms with Gasteiger partial charge in [-0.15, -0.1) is 0 Å². The van der Waals surface area contributed by atoms with Gasteiger partial charge in [-0.2, -0.15) is 0 Å². The van der Waals surface area contributed by atoms with Gasteiger partial charge in [-0.3, -0.25) is 9.59 Å². The average Bonchev–Trinajstić information content (AvgIpc) is 2.47. The maximum atomic E-state index is 12.9. The molecule has 0 spiro atoms. The summed E-state index contributed by atoms with van der Waals surface area (Å²) in [5, 5.41) is 2.66. The minimum Gasteiger partial charge on any atom is -0.482 e. The second-order valence-corrected chi connectivity index (χ2v) is 4.76. The standard InChI is InChI=1S/C15H12ClFN2O3/c16-12-7-10(17)3-6-13(12)22-8-14(20)19-11-4-1-9(2-5-11)15(18)21/h1-7H,8H2,(H2,18,21)(H,19,20). The molecule has 0 saturated carbocycles. The summed E-state index contributed by atoms with van der Waals surface area (Å²) in [5.74, 6) is -1.25. The van der Waals surface area contributed by atoms with Crippen molar-refractivity contribution in [2.75, 3.05) is 11.9 Å². The molecule has 7 heteroatoms. The van der Waals surface area contributed by atoms with E-state index in [1.807, 2.05) is 0 Å². The first kappa shape index (κ1) is 15.8. The van der Waals surface area contributed by atoms with Crippen molar-refractivity contribution in [3.8, 4) is 5.75 Å². The quantitative estimate of drug-likeness (QED) is 0.887. The molecule has 0 fully saturated rings. The molecule has 0 unspecified atom stereocenters. The Kier molecular flexibility index (Phi) is 4.95. The van der Waals surface area contributed by atoms with Crippen molar-refractivity contribution in [2.45, 2.75) is 0 Å². The molecule has 2 aromatic carbocycles. The number of hydrogen-bond acceptors (Lipinski definition) is 3. The number of primary amides is 1. The molecule has 3 N–H and O–H groups in total. The minimum absolute atomic E-state index is 0.0820. The summed E-state index contributed by atoms with van der Waals surface area (Å²) < 4.78 is 18.1. The van der Waals surface area contributed by atoms with Crippen LogP contribution in [0.3, 0.4) is 0 Å². The zero-order chi connectivity index (χ0) is 16.1. The monoisotopic (exact) mass is 322 g/mol. The zero-order valence-corrected chi connectivity index (χ0v) is 12.1. The fourth-order valence-electron chi connectivity index (χ4n) is 1.65. The predicted molar refractivity (Wildman–Crippen MR) is 80.5 cm³/mol. The molecule has 0 aliphatic carbocycles. The molecule has 0 aliphatic heterocycles. The number of nitrogens with two attached hydrogens (primary N) is 1. The Balaban J connectivity index is 1.91. The number of anilines is 1. The van der Waals surface area contributed by atoms with Crippen LogP contribution >= 0.6 is 11.6 Å². The number of benzene rings is 2. The van der Waals surface area contributed by atoms with Gasteiger partial charge in [-0.1, -0.05) is 11.6 Å². The van der Waals surface area contributed by atoms with Crippen molar-refractivity contribution < 1.29 is 18.7 Å². The Hall–Kier alpha value is -2.60. The van der Waals surface area contributed by atoms with Gasteiger partial charge in [-0.05, 0) is 42.5 Å². The average molecular weight is 323 g/mol. The van der Waals surface area contributed by atoms with Crippen LogP contribution in [-0.4, -0.2) is 18.4 Å². The van der Waals surface area contributed by atoms with Gasteiger partial charge in [0.05, 0.1) is 5.02 Å². The van der Waals surface area contributed by atoms with E-state index in [9.17, 15) is 14.0 Å².